The third-order valence-corrected chi connectivity index (χ3v) is 5.90. The molecule has 4 unspecified atom stereocenters. The van der Waals surface area contributed by atoms with Gasteiger partial charge in [-0.05, 0) is 51.4 Å². The topological polar surface area (TPSA) is 52.6 Å². The van der Waals surface area contributed by atoms with E-state index in [1.165, 1.54) is 0 Å². The monoisotopic (exact) mass is 458 g/mol. The van der Waals surface area contributed by atoms with E-state index in [2.05, 4.69) is 6.58 Å². The molecule has 2 fully saturated rings. The van der Waals surface area contributed by atoms with Crippen molar-refractivity contribution in [2.75, 3.05) is 0 Å². The number of ether oxygens (including phenoxy) is 2. The fraction of sp³-hybridized carbons (Fsp3) is 0.810. The van der Waals surface area contributed by atoms with Crippen LogP contribution in [0, 0.1) is 11.8 Å². The zero-order valence-electron chi connectivity index (χ0n) is 17.2. The van der Waals surface area contributed by atoms with Crippen molar-refractivity contribution in [3.8, 4) is 0 Å². The Hall–Kier alpha value is -1.74. The van der Waals surface area contributed by atoms with Gasteiger partial charge in [0.25, 0.3) is 0 Å². The second-order valence-electron chi connectivity index (χ2n) is 8.44. The van der Waals surface area contributed by atoms with E-state index in [1.54, 1.807) is 0 Å². The summed E-state index contributed by atoms with van der Waals surface area (Å²) in [5.41, 5.74) is -0.293. The van der Waals surface area contributed by atoms with Gasteiger partial charge in [0.1, 0.15) is 12.2 Å². The molecule has 10 heteroatoms. The van der Waals surface area contributed by atoms with Crippen LogP contribution in [0.1, 0.15) is 70.6 Å². The van der Waals surface area contributed by atoms with Gasteiger partial charge in [0.15, 0.2) is 0 Å². The summed E-state index contributed by atoms with van der Waals surface area (Å²) in [6, 6.07) is 0. The zero-order valence-corrected chi connectivity index (χ0v) is 17.2. The molecule has 0 aliphatic heterocycles. The van der Waals surface area contributed by atoms with E-state index in [0.717, 1.165) is 0 Å². The fourth-order valence-electron chi connectivity index (χ4n) is 4.15. The molecule has 0 aromatic rings. The van der Waals surface area contributed by atoms with E-state index in [-0.39, 0.29) is 37.7 Å². The first-order valence-corrected chi connectivity index (χ1v) is 10.6. The van der Waals surface area contributed by atoms with Crippen molar-refractivity contribution in [2.24, 2.45) is 11.8 Å². The molecular weight excluding hydrogens is 430 g/mol. The van der Waals surface area contributed by atoms with E-state index >= 15 is 0 Å². The smallest absolute Gasteiger partial charge is 0.391 e. The normalized spacial score (nSPS) is 28.2. The molecule has 0 amide bonds. The standard InChI is InChI=1S/C21H28F6O4/c1-13(19(29)31-17-9-5-3-7-15(12-17)21(25,26)27)10-18(28)30-16-8-4-2-6-14(11-16)20(22,23)24/h14-17H,1-12H2. The predicted molar refractivity (Wildman–Crippen MR) is 98.8 cm³/mol. The van der Waals surface area contributed by atoms with Crippen molar-refractivity contribution in [3.63, 3.8) is 0 Å². The first-order valence-electron chi connectivity index (χ1n) is 10.6. The summed E-state index contributed by atoms with van der Waals surface area (Å²) in [6.07, 6.45) is -9.51. The molecule has 178 valence electrons. The number of carbonyl (C=O) groups excluding carboxylic acids is 2. The lowest BCUT2D eigenvalue weighted by Gasteiger charge is -2.23. The molecule has 0 bridgehead atoms. The summed E-state index contributed by atoms with van der Waals surface area (Å²) in [4.78, 5) is 24.3. The van der Waals surface area contributed by atoms with Crippen molar-refractivity contribution in [1.82, 2.24) is 0 Å². The number of rotatable bonds is 5. The molecule has 0 aromatic heterocycles. The Labute approximate surface area is 177 Å². The van der Waals surface area contributed by atoms with Crippen LogP contribution in [-0.4, -0.2) is 36.5 Å². The molecule has 0 aromatic carbocycles. The van der Waals surface area contributed by atoms with Crippen LogP contribution in [-0.2, 0) is 19.1 Å². The van der Waals surface area contributed by atoms with Crippen LogP contribution in [0.5, 0.6) is 0 Å². The van der Waals surface area contributed by atoms with Gasteiger partial charge in [-0.2, -0.15) is 26.3 Å². The van der Waals surface area contributed by atoms with Crippen LogP contribution in [0.2, 0.25) is 0 Å². The van der Waals surface area contributed by atoms with Crippen molar-refractivity contribution >= 4 is 11.9 Å². The minimum Gasteiger partial charge on any atom is -0.462 e. The minimum absolute atomic E-state index is 0.0170. The molecule has 0 saturated heterocycles. The van der Waals surface area contributed by atoms with E-state index < -0.39 is 54.8 Å². The van der Waals surface area contributed by atoms with Crippen LogP contribution in [0.3, 0.4) is 0 Å². The highest BCUT2D eigenvalue weighted by Gasteiger charge is 2.43. The molecule has 0 spiro atoms. The van der Waals surface area contributed by atoms with E-state index in [0.29, 0.717) is 32.1 Å². The average Bonchev–Trinajstić information content (AvgIpc) is 3.01. The van der Waals surface area contributed by atoms with Crippen LogP contribution < -0.4 is 0 Å². The quantitative estimate of drug-likeness (QED) is 0.218. The summed E-state index contributed by atoms with van der Waals surface area (Å²) in [5, 5.41) is 0. The molecule has 2 saturated carbocycles. The number of esters is 2. The second-order valence-corrected chi connectivity index (χ2v) is 8.44. The van der Waals surface area contributed by atoms with Crippen molar-refractivity contribution in [3.05, 3.63) is 12.2 Å². The van der Waals surface area contributed by atoms with Gasteiger partial charge < -0.3 is 9.47 Å². The Morgan fingerprint density at radius 1 is 0.742 bits per heavy atom. The second kappa shape index (κ2) is 10.7. The molecule has 2 aliphatic carbocycles. The number of hydrogen-bond donors (Lipinski definition) is 0. The highest BCUT2D eigenvalue weighted by molar-refractivity contribution is 5.93. The molecule has 0 N–H and O–H groups in total. The Morgan fingerprint density at radius 2 is 1.16 bits per heavy atom. The highest BCUT2D eigenvalue weighted by atomic mass is 19.4. The SMILES string of the molecule is C=C(CC(=O)OC1CCCCC(C(F)(F)F)C1)C(=O)OC1CCCCC(C(F)(F)F)C1. The number of alkyl halides is 6. The maximum Gasteiger partial charge on any atom is 0.391 e. The van der Waals surface area contributed by atoms with Gasteiger partial charge in [-0.1, -0.05) is 19.4 Å². The van der Waals surface area contributed by atoms with Gasteiger partial charge in [-0.25, -0.2) is 4.79 Å². The van der Waals surface area contributed by atoms with E-state index in [1.807, 2.05) is 0 Å². The predicted octanol–water partition coefficient (Wildman–Crippen LogP) is 6.04. The molecule has 0 heterocycles. The lowest BCUT2D eigenvalue weighted by atomic mass is 9.98. The average molecular weight is 458 g/mol. The summed E-state index contributed by atoms with van der Waals surface area (Å²) < 4.78 is 88.4. The summed E-state index contributed by atoms with van der Waals surface area (Å²) in [6.45, 7) is 3.44. The van der Waals surface area contributed by atoms with E-state index in [4.69, 9.17) is 9.47 Å². The minimum atomic E-state index is -4.37. The van der Waals surface area contributed by atoms with Crippen LogP contribution in [0.4, 0.5) is 26.3 Å². The summed E-state index contributed by atoms with van der Waals surface area (Å²) in [5.74, 6) is -4.98. The van der Waals surface area contributed by atoms with Gasteiger partial charge in [0.2, 0.25) is 0 Å². The lowest BCUT2D eigenvalue weighted by molar-refractivity contribution is -0.186. The van der Waals surface area contributed by atoms with Gasteiger partial charge in [0, 0.05) is 5.57 Å². The summed E-state index contributed by atoms with van der Waals surface area (Å²) in [7, 11) is 0. The van der Waals surface area contributed by atoms with Crippen molar-refractivity contribution in [1.29, 1.82) is 0 Å². The number of halogens is 6. The first-order chi connectivity index (χ1) is 14.4. The van der Waals surface area contributed by atoms with Gasteiger partial charge >= 0.3 is 24.3 Å². The molecule has 0 radical (unpaired) electrons. The maximum absolute atomic E-state index is 13.0. The van der Waals surface area contributed by atoms with Gasteiger partial charge in [-0.3, -0.25) is 4.79 Å². The van der Waals surface area contributed by atoms with Crippen molar-refractivity contribution in [2.45, 2.75) is 95.2 Å². The largest absolute Gasteiger partial charge is 0.462 e. The Balaban J connectivity index is 1.84. The van der Waals surface area contributed by atoms with Crippen LogP contribution in [0.15, 0.2) is 12.2 Å². The summed E-state index contributed by atoms with van der Waals surface area (Å²) >= 11 is 0. The van der Waals surface area contributed by atoms with Crippen molar-refractivity contribution < 1.29 is 45.4 Å². The third-order valence-electron chi connectivity index (χ3n) is 5.90. The van der Waals surface area contributed by atoms with Crippen LogP contribution >= 0.6 is 0 Å². The van der Waals surface area contributed by atoms with Gasteiger partial charge in [0.05, 0.1) is 18.3 Å². The number of hydrogen-bond acceptors (Lipinski definition) is 4. The Kier molecular flexibility index (Phi) is 8.83. The highest BCUT2D eigenvalue weighted by Crippen LogP contribution is 2.38. The molecule has 2 aliphatic rings. The maximum atomic E-state index is 13.0. The third kappa shape index (κ3) is 8.37. The van der Waals surface area contributed by atoms with Crippen LogP contribution in [0.25, 0.3) is 0 Å². The lowest BCUT2D eigenvalue weighted by Crippen LogP contribution is -2.29. The first kappa shape index (κ1) is 25.5. The Morgan fingerprint density at radius 3 is 1.61 bits per heavy atom. The molecule has 2 rings (SSSR count). The molecular formula is C21H28F6O4. The number of carbonyl (C=O) groups is 2. The molecule has 31 heavy (non-hydrogen) atoms. The zero-order chi connectivity index (χ0) is 23.2. The van der Waals surface area contributed by atoms with Gasteiger partial charge in [-0.15, -0.1) is 0 Å². The fourth-order valence-corrected chi connectivity index (χ4v) is 4.15. The van der Waals surface area contributed by atoms with E-state index in [9.17, 15) is 35.9 Å². The molecule has 4 nitrogen and oxygen atoms in total. The Bertz CT molecular complexity index is 643. The molecule has 4 atom stereocenters.